The fourth-order valence-electron chi connectivity index (χ4n) is 6.92. The molecule has 4 aliphatic rings. The number of fused-ring (bicyclic) bond motifs is 4. The molecule has 4 atom stereocenters. The second-order valence-electron chi connectivity index (χ2n) is 11.8. The number of hydrogen-bond donors (Lipinski definition) is 3. The van der Waals surface area contributed by atoms with Gasteiger partial charge >= 0.3 is 0 Å². The predicted octanol–water partition coefficient (Wildman–Crippen LogP) is 2.86. The Morgan fingerprint density at radius 3 is 2.68 bits per heavy atom. The van der Waals surface area contributed by atoms with Gasteiger partial charge in [0.1, 0.15) is 18.5 Å². The van der Waals surface area contributed by atoms with Crippen LogP contribution in [0.1, 0.15) is 65.9 Å². The quantitative estimate of drug-likeness (QED) is 0.329. The van der Waals surface area contributed by atoms with Crippen LogP contribution in [0.25, 0.3) is 0 Å². The maximum Gasteiger partial charge on any atom is 0.247 e. The lowest BCUT2D eigenvalue weighted by Crippen LogP contribution is -2.55. The fraction of sp³-hybridized carbons (Fsp3) is 0.485. The van der Waals surface area contributed by atoms with Gasteiger partial charge in [0.15, 0.2) is 23.0 Å². The van der Waals surface area contributed by atoms with Crippen LogP contribution in [0.2, 0.25) is 0 Å². The van der Waals surface area contributed by atoms with Gasteiger partial charge in [-0.15, -0.1) is 0 Å². The van der Waals surface area contributed by atoms with E-state index >= 15 is 0 Å². The number of ether oxygens (including phenoxy) is 4. The average molecular weight is 607 g/mol. The van der Waals surface area contributed by atoms with Gasteiger partial charge < -0.3 is 39.4 Å². The number of aldehydes is 1. The number of nitrogens with zero attached hydrogens (tertiary/aromatic N) is 1. The van der Waals surface area contributed by atoms with Crippen molar-refractivity contribution in [3.05, 3.63) is 58.7 Å². The molecule has 11 nitrogen and oxygen atoms in total. The van der Waals surface area contributed by atoms with Crippen LogP contribution in [0.3, 0.4) is 0 Å². The monoisotopic (exact) mass is 606 g/mol. The number of amides is 2. The van der Waals surface area contributed by atoms with E-state index in [0.717, 1.165) is 24.8 Å². The molecule has 1 fully saturated rings. The first-order chi connectivity index (χ1) is 21.4. The lowest BCUT2D eigenvalue weighted by atomic mass is 9.77. The number of hydrogen-bond acceptors (Lipinski definition) is 9. The topological polar surface area (TPSA) is 144 Å². The van der Waals surface area contributed by atoms with Crippen LogP contribution in [0.4, 0.5) is 0 Å². The minimum Gasteiger partial charge on any atom is -0.493 e. The molecule has 2 aliphatic heterocycles. The zero-order valence-corrected chi connectivity index (χ0v) is 24.7. The lowest BCUT2D eigenvalue weighted by molar-refractivity contribution is -0.138. The SMILES string of the molecule is COc1cc(C=O)cc2c1O[C@@H]1[C@@H](O)[C@H](N(Cc3ccc4c(c3)OCO4)C(=O)CCC3CCCC3)C=C(C(=O)NCCO)[C@H]21. The summed E-state index contributed by atoms with van der Waals surface area (Å²) in [5, 5.41) is 24.0. The Morgan fingerprint density at radius 2 is 1.93 bits per heavy atom. The standard InChI is InChI=1S/C33H38N2O9/c1-41-27-14-21(17-37)12-22-29-23(33(40)34-10-11-36)15-24(30(39)32(29)44-31(22)27)35(28(38)9-7-19-4-2-3-5-19)16-20-6-8-25-26(13-20)43-18-42-25/h6,8,12-15,17,19,24,29-30,32,36,39H,2-5,7,9-11,16,18H2,1H3,(H,34,40)/t24-,29+,30+,32+/m1/s1. The Labute approximate surface area is 255 Å². The number of benzene rings is 2. The Kier molecular flexibility index (Phi) is 8.76. The molecular weight excluding hydrogens is 568 g/mol. The number of carbonyl (C=O) groups is 3. The zero-order chi connectivity index (χ0) is 30.8. The number of methoxy groups -OCH3 is 1. The van der Waals surface area contributed by atoms with Crippen LogP contribution >= 0.6 is 0 Å². The Bertz CT molecular complexity index is 1450. The molecule has 2 aromatic rings. The summed E-state index contributed by atoms with van der Waals surface area (Å²) in [6.45, 7) is 0.0426. The molecule has 2 amide bonds. The van der Waals surface area contributed by atoms with E-state index in [-0.39, 0.29) is 38.0 Å². The first-order valence-corrected chi connectivity index (χ1v) is 15.2. The molecule has 2 aliphatic carbocycles. The molecule has 11 heteroatoms. The van der Waals surface area contributed by atoms with E-state index in [4.69, 9.17) is 18.9 Å². The summed E-state index contributed by atoms with van der Waals surface area (Å²) in [6, 6.07) is 7.74. The Hall–Kier alpha value is -4.09. The molecule has 2 heterocycles. The molecule has 3 N–H and O–H groups in total. The molecule has 0 spiro atoms. The van der Waals surface area contributed by atoms with Gasteiger partial charge in [-0.2, -0.15) is 0 Å². The van der Waals surface area contributed by atoms with E-state index in [1.54, 1.807) is 29.2 Å². The molecular formula is C33H38N2O9. The predicted molar refractivity (Wildman–Crippen MR) is 158 cm³/mol. The second-order valence-corrected chi connectivity index (χ2v) is 11.8. The van der Waals surface area contributed by atoms with Crippen molar-refractivity contribution in [3.8, 4) is 23.0 Å². The van der Waals surface area contributed by atoms with Crippen molar-refractivity contribution in [2.24, 2.45) is 5.92 Å². The summed E-state index contributed by atoms with van der Waals surface area (Å²) in [4.78, 5) is 41.0. The third kappa shape index (κ3) is 5.73. The van der Waals surface area contributed by atoms with Gasteiger partial charge in [0.2, 0.25) is 18.6 Å². The van der Waals surface area contributed by atoms with Crippen molar-refractivity contribution in [2.45, 2.75) is 69.2 Å². The smallest absolute Gasteiger partial charge is 0.247 e. The van der Waals surface area contributed by atoms with Gasteiger partial charge in [0.25, 0.3) is 0 Å². The third-order valence-electron chi connectivity index (χ3n) is 9.12. The highest BCUT2D eigenvalue weighted by Gasteiger charge is 2.51. The van der Waals surface area contributed by atoms with Crippen LogP contribution in [-0.4, -0.2) is 78.5 Å². The largest absolute Gasteiger partial charge is 0.493 e. The molecule has 0 saturated heterocycles. The molecule has 0 bridgehead atoms. The average Bonchev–Trinajstić information content (AvgIpc) is 3.81. The highest BCUT2D eigenvalue weighted by atomic mass is 16.7. The summed E-state index contributed by atoms with van der Waals surface area (Å²) in [6.07, 6.45) is 5.80. The van der Waals surface area contributed by atoms with Crippen LogP contribution in [0.5, 0.6) is 23.0 Å². The van der Waals surface area contributed by atoms with Crippen molar-refractivity contribution in [3.63, 3.8) is 0 Å². The lowest BCUT2D eigenvalue weighted by Gasteiger charge is -2.41. The van der Waals surface area contributed by atoms with Crippen molar-refractivity contribution < 1.29 is 43.5 Å². The Morgan fingerprint density at radius 1 is 1.14 bits per heavy atom. The number of rotatable bonds is 11. The van der Waals surface area contributed by atoms with E-state index in [1.165, 1.54) is 20.0 Å². The van der Waals surface area contributed by atoms with Gasteiger partial charge in [0, 0.05) is 36.2 Å². The summed E-state index contributed by atoms with van der Waals surface area (Å²) in [5.74, 6) is 1.01. The molecule has 6 rings (SSSR count). The van der Waals surface area contributed by atoms with E-state index < -0.39 is 30.1 Å². The number of aliphatic hydroxyl groups is 2. The van der Waals surface area contributed by atoms with Gasteiger partial charge in [-0.1, -0.05) is 31.7 Å². The van der Waals surface area contributed by atoms with Crippen molar-refractivity contribution in [1.29, 1.82) is 0 Å². The molecule has 1 saturated carbocycles. The highest BCUT2D eigenvalue weighted by Crippen LogP contribution is 2.51. The van der Waals surface area contributed by atoms with Crippen molar-refractivity contribution in [2.75, 3.05) is 27.1 Å². The van der Waals surface area contributed by atoms with E-state index in [9.17, 15) is 24.6 Å². The normalized spacial score (nSPS) is 23.3. The third-order valence-corrected chi connectivity index (χ3v) is 9.12. The molecule has 0 unspecified atom stereocenters. The summed E-state index contributed by atoms with van der Waals surface area (Å²) in [5.41, 5.74) is 1.93. The van der Waals surface area contributed by atoms with E-state index in [2.05, 4.69) is 5.32 Å². The molecule has 0 radical (unpaired) electrons. The minimum absolute atomic E-state index is 0.0213. The molecule has 44 heavy (non-hydrogen) atoms. The Balaban J connectivity index is 1.39. The van der Waals surface area contributed by atoms with Crippen LogP contribution in [-0.2, 0) is 16.1 Å². The number of aliphatic hydroxyl groups excluding tert-OH is 2. The van der Waals surface area contributed by atoms with Crippen molar-refractivity contribution in [1.82, 2.24) is 10.2 Å². The van der Waals surface area contributed by atoms with Gasteiger partial charge in [0.05, 0.1) is 25.7 Å². The van der Waals surface area contributed by atoms with E-state index in [0.29, 0.717) is 52.7 Å². The minimum atomic E-state index is -1.21. The maximum absolute atomic E-state index is 14.0. The first-order valence-electron chi connectivity index (χ1n) is 15.2. The van der Waals surface area contributed by atoms with E-state index in [1.807, 2.05) is 12.1 Å². The zero-order valence-electron chi connectivity index (χ0n) is 24.7. The number of nitrogens with one attached hydrogen (secondary N) is 1. The molecule has 2 aromatic carbocycles. The highest BCUT2D eigenvalue weighted by molar-refractivity contribution is 5.96. The van der Waals surface area contributed by atoms with Gasteiger partial charge in [-0.25, -0.2) is 0 Å². The van der Waals surface area contributed by atoms with Crippen LogP contribution in [0.15, 0.2) is 42.0 Å². The summed E-state index contributed by atoms with van der Waals surface area (Å²) in [7, 11) is 1.45. The van der Waals surface area contributed by atoms with Crippen LogP contribution in [0, 0.1) is 5.92 Å². The molecule has 234 valence electrons. The first kappa shape index (κ1) is 30.0. The fourth-order valence-corrected chi connectivity index (χ4v) is 6.92. The number of carbonyl (C=O) groups excluding carboxylic acids is 3. The molecule has 0 aromatic heterocycles. The summed E-state index contributed by atoms with van der Waals surface area (Å²) < 4.78 is 22.8. The van der Waals surface area contributed by atoms with Gasteiger partial charge in [-0.05, 0) is 48.2 Å². The maximum atomic E-state index is 14.0. The van der Waals surface area contributed by atoms with Crippen LogP contribution < -0.4 is 24.3 Å². The summed E-state index contributed by atoms with van der Waals surface area (Å²) >= 11 is 0. The van der Waals surface area contributed by atoms with Gasteiger partial charge in [-0.3, -0.25) is 14.4 Å². The van der Waals surface area contributed by atoms with Crippen molar-refractivity contribution >= 4 is 18.1 Å². The second kappa shape index (κ2) is 12.9.